The van der Waals surface area contributed by atoms with Crippen molar-refractivity contribution in [2.75, 3.05) is 31.6 Å². The van der Waals surface area contributed by atoms with E-state index >= 15 is 0 Å². The van der Waals surface area contributed by atoms with Crippen molar-refractivity contribution in [1.29, 1.82) is 0 Å². The summed E-state index contributed by atoms with van der Waals surface area (Å²) in [5.74, 6) is -1.01. The summed E-state index contributed by atoms with van der Waals surface area (Å²) in [6.45, 7) is 4.24. The van der Waals surface area contributed by atoms with Gasteiger partial charge in [-0.15, -0.1) is 5.10 Å². The lowest BCUT2D eigenvalue weighted by Crippen LogP contribution is -2.32. The quantitative estimate of drug-likeness (QED) is 0.278. The Kier molecular flexibility index (Phi) is 9.75. The van der Waals surface area contributed by atoms with Gasteiger partial charge < -0.3 is 24.6 Å². The van der Waals surface area contributed by atoms with E-state index in [-0.39, 0.29) is 46.7 Å². The molecule has 13 nitrogen and oxygen atoms in total. The largest absolute Gasteiger partial charge is 0.504 e. The van der Waals surface area contributed by atoms with Crippen molar-refractivity contribution in [3.63, 3.8) is 0 Å². The monoisotopic (exact) mass is 712 g/mol. The molecule has 0 saturated heterocycles. The summed E-state index contributed by atoms with van der Waals surface area (Å²) in [5, 5.41) is 17.2. The zero-order chi connectivity index (χ0) is 35.7. The third kappa shape index (κ3) is 6.85. The number of anilines is 1. The summed E-state index contributed by atoms with van der Waals surface area (Å²) in [6.07, 6.45) is 1.88. The first-order valence-electron chi connectivity index (χ1n) is 15.8. The summed E-state index contributed by atoms with van der Waals surface area (Å²) in [4.78, 5) is 55.1. The van der Waals surface area contributed by atoms with Crippen LogP contribution in [0.5, 0.6) is 5.75 Å². The van der Waals surface area contributed by atoms with Gasteiger partial charge in [0.05, 0.1) is 40.7 Å². The van der Waals surface area contributed by atoms with Crippen molar-refractivity contribution in [3.05, 3.63) is 86.1 Å². The molecule has 5 heterocycles. The summed E-state index contributed by atoms with van der Waals surface area (Å²) in [6, 6.07) is 2.63. The Balaban J connectivity index is 1.40. The number of alkyl halides is 3. The van der Waals surface area contributed by atoms with Crippen LogP contribution in [0.1, 0.15) is 65.0 Å². The van der Waals surface area contributed by atoms with Gasteiger partial charge in [0.15, 0.2) is 17.3 Å². The first kappa shape index (κ1) is 34.8. The van der Waals surface area contributed by atoms with Crippen molar-refractivity contribution in [2.24, 2.45) is 0 Å². The van der Waals surface area contributed by atoms with E-state index in [9.17, 15) is 32.7 Å². The normalized spacial score (nSPS) is 15.4. The van der Waals surface area contributed by atoms with Gasteiger partial charge in [0.2, 0.25) is 11.7 Å². The van der Waals surface area contributed by atoms with E-state index in [2.05, 4.69) is 25.4 Å². The Morgan fingerprint density at radius 3 is 2.64 bits per heavy atom. The number of halogens is 4. The molecular formula is C33H32ClF3N8O5. The Morgan fingerprint density at radius 2 is 1.94 bits per heavy atom. The molecule has 0 fully saturated rings. The van der Waals surface area contributed by atoms with Crippen LogP contribution in [0.15, 0.2) is 41.5 Å². The minimum Gasteiger partial charge on any atom is -0.504 e. The fourth-order valence-corrected chi connectivity index (χ4v) is 6.24. The molecular weight excluding hydrogens is 681 g/mol. The molecule has 2 amide bonds. The van der Waals surface area contributed by atoms with Crippen LogP contribution in [0.25, 0.3) is 16.9 Å². The number of amides is 2. The van der Waals surface area contributed by atoms with Crippen molar-refractivity contribution in [3.8, 4) is 5.75 Å². The van der Waals surface area contributed by atoms with Crippen LogP contribution in [-0.2, 0) is 28.7 Å². The van der Waals surface area contributed by atoms with Crippen LogP contribution < -0.4 is 10.9 Å². The maximum absolute atomic E-state index is 14.2. The number of ether oxygens (including phenoxy) is 1. The number of carbonyl (C=O) groups is 2. The lowest BCUT2D eigenvalue weighted by molar-refractivity contribution is -0.137. The molecule has 2 aliphatic heterocycles. The number of hydrogen-bond acceptors (Lipinski definition) is 9. The average Bonchev–Trinajstić information content (AvgIpc) is 3.40. The maximum atomic E-state index is 14.2. The van der Waals surface area contributed by atoms with Gasteiger partial charge in [-0.05, 0) is 62.0 Å². The standard InChI is InChI=1S/C33H32ClF3N8O5/c1-3-24-26(19-5-4-11-43(12-8-19)31(49)27-28(47)18(2)38-17-39-27)30(48)45-32(41-29(42-45)20-9-13-50-14-10-20)44(24)16-25(46)40-23-7-6-21(15-22(23)34)33(35,36)37/h6-9,15,17,47H,3-5,10-14,16H2,1-2H3,(H,40,46). The number of rotatable bonds is 7. The number of aryl methyl sites for hydroxylation is 1. The number of aromatic hydroxyl groups is 1. The predicted molar refractivity (Wildman–Crippen MR) is 177 cm³/mol. The van der Waals surface area contributed by atoms with Crippen molar-refractivity contribution in [1.82, 2.24) is 34.0 Å². The number of nitrogens with zero attached hydrogens (tertiary/aromatic N) is 7. The van der Waals surface area contributed by atoms with E-state index < -0.39 is 29.1 Å². The van der Waals surface area contributed by atoms with E-state index in [0.717, 1.165) is 28.3 Å². The van der Waals surface area contributed by atoms with Gasteiger partial charge in [0, 0.05) is 18.8 Å². The molecule has 2 aliphatic rings. The molecule has 2 N–H and O–H groups in total. The first-order valence-corrected chi connectivity index (χ1v) is 16.2. The molecule has 3 aromatic heterocycles. The van der Waals surface area contributed by atoms with Crippen LogP contribution in [0, 0.1) is 6.92 Å². The molecule has 4 aromatic rings. The third-order valence-electron chi connectivity index (χ3n) is 8.56. The summed E-state index contributed by atoms with van der Waals surface area (Å²) >= 11 is 6.12. The Hall–Kier alpha value is -5.09. The van der Waals surface area contributed by atoms with E-state index in [1.807, 2.05) is 13.0 Å². The highest BCUT2D eigenvalue weighted by molar-refractivity contribution is 6.33. The number of hydrogen-bond donors (Lipinski definition) is 2. The zero-order valence-corrected chi connectivity index (χ0v) is 27.8. The zero-order valence-electron chi connectivity index (χ0n) is 27.1. The first-order chi connectivity index (χ1) is 23.9. The lowest BCUT2D eigenvalue weighted by atomic mass is 9.99. The second-order valence-electron chi connectivity index (χ2n) is 11.7. The molecule has 262 valence electrons. The minimum atomic E-state index is -4.61. The Bertz CT molecular complexity index is 2120. The van der Waals surface area contributed by atoms with Gasteiger partial charge in [0.1, 0.15) is 12.9 Å². The smallest absolute Gasteiger partial charge is 0.416 e. The van der Waals surface area contributed by atoms with Gasteiger partial charge in [-0.2, -0.15) is 22.7 Å². The Morgan fingerprint density at radius 1 is 1.14 bits per heavy atom. The molecule has 0 saturated carbocycles. The molecule has 50 heavy (non-hydrogen) atoms. The molecule has 0 unspecified atom stereocenters. The fraction of sp³-hybridized carbons (Fsp3) is 0.364. The second-order valence-corrected chi connectivity index (χ2v) is 12.2. The highest BCUT2D eigenvalue weighted by atomic mass is 35.5. The second kappa shape index (κ2) is 14.0. The molecule has 0 bridgehead atoms. The molecule has 0 spiro atoms. The van der Waals surface area contributed by atoms with Crippen LogP contribution in [-0.4, -0.2) is 77.3 Å². The lowest BCUT2D eigenvalue weighted by Gasteiger charge is -2.19. The molecule has 0 radical (unpaired) electrons. The van der Waals surface area contributed by atoms with E-state index in [4.69, 9.17) is 16.3 Å². The number of benzene rings is 1. The van der Waals surface area contributed by atoms with Gasteiger partial charge in [-0.3, -0.25) is 14.4 Å². The van der Waals surface area contributed by atoms with E-state index in [1.165, 1.54) is 11.2 Å². The van der Waals surface area contributed by atoms with Gasteiger partial charge >= 0.3 is 6.18 Å². The maximum Gasteiger partial charge on any atom is 0.416 e. The molecule has 0 atom stereocenters. The minimum absolute atomic E-state index is 0.0179. The van der Waals surface area contributed by atoms with Crippen LogP contribution in [0.4, 0.5) is 18.9 Å². The highest BCUT2D eigenvalue weighted by Gasteiger charge is 2.31. The molecule has 1 aromatic carbocycles. The van der Waals surface area contributed by atoms with Crippen LogP contribution >= 0.6 is 11.6 Å². The molecule has 6 rings (SSSR count). The molecule has 17 heteroatoms. The Labute approximate surface area is 288 Å². The topological polar surface area (TPSA) is 157 Å². The van der Waals surface area contributed by atoms with Gasteiger partial charge in [-0.25, -0.2) is 9.97 Å². The number of fused-ring (bicyclic) bond motifs is 1. The van der Waals surface area contributed by atoms with Gasteiger partial charge in [-0.1, -0.05) is 30.7 Å². The van der Waals surface area contributed by atoms with Gasteiger partial charge in [0.25, 0.3) is 11.5 Å². The van der Waals surface area contributed by atoms with E-state index in [1.54, 1.807) is 17.6 Å². The summed E-state index contributed by atoms with van der Waals surface area (Å²) in [7, 11) is 0. The highest BCUT2D eigenvalue weighted by Crippen LogP contribution is 2.34. The summed E-state index contributed by atoms with van der Waals surface area (Å²) in [5.41, 5.74) is 0.899. The van der Waals surface area contributed by atoms with E-state index in [0.29, 0.717) is 68.1 Å². The fourth-order valence-electron chi connectivity index (χ4n) is 6.01. The number of allylic oxidation sites excluding steroid dienone is 1. The average molecular weight is 713 g/mol. The van der Waals surface area contributed by atoms with Crippen LogP contribution in [0.2, 0.25) is 5.02 Å². The SMILES string of the molecule is CCc1c(C2=CCN(C(=O)c3ncnc(C)c3O)CCC2)c(=O)n2nc(C3=CCOCC3)nc2n1CC(=O)Nc1ccc(C(F)(F)F)cc1Cl. The third-order valence-corrected chi connectivity index (χ3v) is 8.87. The predicted octanol–water partition coefficient (Wildman–Crippen LogP) is 4.69. The number of nitrogens with one attached hydrogen (secondary N) is 1. The number of carbonyl (C=O) groups excluding carboxylic acids is 2. The summed E-state index contributed by atoms with van der Waals surface area (Å²) < 4.78 is 47.7. The molecule has 0 aliphatic carbocycles. The van der Waals surface area contributed by atoms with Crippen LogP contribution in [0.3, 0.4) is 0 Å². The number of aromatic nitrogens is 6. The van der Waals surface area contributed by atoms with Crippen molar-refractivity contribution in [2.45, 2.75) is 52.3 Å². The van der Waals surface area contributed by atoms with Crippen molar-refractivity contribution < 1.29 is 32.6 Å². The van der Waals surface area contributed by atoms with Crippen molar-refractivity contribution >= 4 is 46.0 Å².